The number of amides is 1. The zero-order chi connectivity index (χ0) is 11.4. The number of nitrogens with zero attached hydrogens (tertiary/aromatic N) is 1. The van der Waals surface area contributed by atoms with Crippen molar-refractivity contribution in [1.29, 1.82) is 0 Å². The lowest BCUT2D eigenvalue weighted by Crippen LogP contribution is -2.37. The molecule has 1 aromatic heterocycles. The lowest BCUT2D eigenvalue weighted by atomic mass is 10.2. The molecule has 1 atom stereocenters. The van der Waals surface area contributed by atoms with E-state index in [0.717, 1.165) is 13.0 Å². The summed E-state index contributed by atoms with van der Waals surface area (Å²) in [5, 5.41) is 6.42. The second kappa shape index (κ2) is 5.27. The van der Waals surface area contributed by atoms with Crippen LogP contribution < -0.4 is 10.6 Å². The Hall–Kier alpha value is -1.13. The normalized spacial score (nSPS) is 19.7. The summed E-state index contributed by atoms with van der Waals surface area (Å²) in [5.41, 5.74) is 0.433. The van der Waals surface area contributed by atoms with Gasteiger partial charge in [-0.05, 0) is 31.5 Å². The van der Waals surface area contributed by atoms with Gasteiger partial charge in [0.25, 0.3) is 5.91 Å². The molecule has 1 saturated heterocycles. The standard InChI is InChI=1S/C11H14ClN3O/c12-10-9(4-2-6-14-10)11(16)15-7-8-3-1-5-13-8/h2,4,6,8,13H,1,3,5,7H2,(H,15,16)/t8-/m0/s1. The highest BCUT2D eigenvalue weighted by Crippen LogP contribution is 2.11. The zero-order valence-corrected chi connectivity index (χ0v) is 9.63. The number of carbonyl (C=O) groups excluding carboxylic acids is 1. The molecular weight excluding hydrogens is 226 g/mol. The van der Waals surface area contributed by atoms with Crippen LogP contribution in [-0.4, -0.2) is 30.0 Å². The number of rotatable bonds is 3. The topological polar surface area (TPSA) is 54.0 Å². The van der Waals surface area contributed by atoms with Crippen molar-refractivity contribution in [3.8, 4) is 0 Å². The molecule has 0 spiro atoms. The molecule has 1 amide bonds. The number of halogens is 1. The van der Waals surface area contributed by atoms with Gasteiger partial charge in [0.1, 0.15) is 5.15 Å². The molecule has 1 aliphatic heterocycles. The van der Waals surface area contributed by atoms with Gasteiger partial charge in [-0.2, -0.15) is 0 Å². The number of carbonyl (C=O) groups is 1. The van der Waals surface area contributed by atoms with E-state index in [4.69, 9.17) is 11.6 Å². The minimum absolute atomic E-state index is 0.160. The number of pyridine rings is 1. The summed E-state index contributed by atoms with van der Waals surface area (Å²) < 4.78 is 0. The first-order valence-electron chi connectivity index (χ1n) is 5.39. The maximum Gasteiger partial charge on any atom is 0.254 e. The average Bonchev–Trinajstić information content (AvgIpc) is 2.79. The summed E-state index contributed by atoms with van der Waals surface area (Å²) in [6.07, 6.45) is 3.85. The summed E-state index contributed by atoms with van der Waals surface area (Å²) in [6.45, 7) is 1.68. The van der Waals surface area contributed by atoms with Crippen molar-refractivity contribution in [2.75, 3.05) is 13.1 Å². The maximum absolute atomic E-state index is 11.8. The van der Waals surface area contributed by atoms with E-state index in [2.05, 4.69) is 15.6 Å². The number of hydrogen-bond donors (Lipinski definition) is 2. The quantitative estimate of drug-likeness (QED) is 0.780. The minimum atomic E-state index is -0.160. The maximum atomic E-state index is 11.8. The Balaban J connectivity index is 1.90. The molecule has 0 unspecified atom stereocenters. The van der Waals surface area contributed by atoms with Gasteiger partial charge >= 0.3 is 0 Å². The van der Waals surface area contributed by atoms with Crippen LogP contribution in [0.15, 0.2) is 18.3 Å². The smallest absolute Gasteiger partial charge is 0.254 e. The van der Waals surface area contributed by atoms with E-state index < -0.39 is 0 Å². The van der Waals surface area contributed by atoms with Gasteiger partial charge in [-0.25, -0.2) is 4.98 Å². The van der Waals surface area contributed by atoms with Crippen LogP contribution in [0.5, 0.6) is 0 Å². The molecule has 0 aromatic carbocycles. The fraction of sp³-hybridized carbons (Fsp3) is 0.455. The summed E-state index contributed by atoms with van der Waals surface area (Å²) in [6, 6.07) is 3.76. The van der Waals surface area contributed by atoms with Crippen LogP contribution in [0.25, 0.3) is 0 Å². The summed E-state index contributed by atoms with van der Waals surface area (Å²) in [7, 11) is 0. The molecule has 0 bridgehead atoms. The molecule has 1 aliphatic rings. The zero-order valence-electron chi connectivity index (χ0n) is 8.87. The molecule has 0 aliphatic carbocycles. The van der Waals surface area contributed by atoms with Gasteiger partial charge in [0, 0.05) is 18.8 Å². The number of hydrogen-bond acceptors (Lipinski definition) is 3. The molecule has 2 rings (SSSR count). The Morgan fingerprint density at radius 3 is 3.25 bits per heavy atom. The fourth-order valence-corrected chi connectivity index (χ4v) is 2.00. The second-order valence-corrected chi connectivity index (χ2v) is 4.20. The Labute approximate surface area is 99.4 Å². The molecular formula is C11H14ClN3O. The van der Waals surface area contributed by atoms with E-state index in [9.17, 15) is 4.79 Å². The van der Waals surface area contributed by atoms with Crippen LogP contribution in [0.3, 0.4) is 0 Å². The third-order valence-electron chi connectivity index (χ3n) is 2.68. The number of aromatic nitrogens is 1. The summed E-state index contributed by atoms with van der Waals surface area (Å²) in [4.78, 5) is 15.6. The molecule has 4 nitrogen and oxygen atoms in total. The molecule has 2 heterocycles. The summed E-state index contributed by atoms with van der Waals surface area (Å²) >= 11 is 5.83. The van der Waals surface area contributed by atoms with Crippen molar-refractivity contribution < 1.29 is 4.79 Å². The second-order valence-electron chi connectivity index (χ2n) is 3.85. The first kappa shape index (κ1) is 11.4. The van der Waals surface area contributed by atoms with E-state index in [1.54, 1.807) is 18.3 Å². The highest BCUT2D eigenvalue weighted by Gasteiger charge is 2.16. The first-order chi connectivity index (χ1) is 7.77. The molecule has 1 fully saturated rings. The Morgan fingerprint density at radius 2 is 2.56 bits per heavy atom. The van der Waals surface area contributed by atoms with Crippen LogP contribution in [-0.2, 0) is 0 Å². The van der Waals surface area contributed by atoms with E-state index in [1.165, 1.54) is 6.42 Å². The van der Waals surface area contributed by atoms with Crippen molar-refractivity contribution in [2.24, 2.45) is 0 Å². The van der Waals surface area contributed by atoms with Gasteiger partial charge in [0.05, 0.1) is 5.56 Å². The van der Waals surface area contributed by atoms with Crippen LogP contribution in [0.1, 0.15) is 23.2 Å². The van der Waals surface area contributed by atoms with Crippen LogP contribution in [0, 0.1) is 0 Å². The lowest BCUT2D eigenvalue weighted by Gasteiger charge is -2.11. The van der Waals surface area contributed by atoms with Gasteiger partial charge < -0.3 is 10.6 Å². The van der Waals surface area contributed by atoms with Crippen LogP contribution in [0.4, 0.5) is 0 Å². The Bertz CT molecular complexity index is 377. The van der Waals surface area contributed by atoms with Gasteiger partial charge in [0.15, 0.2) is 0 Å². The van der Waals surface area contributed by atoms with Crippen molar-refractivity contribution in [2.45, 2.75) is 18.9 Å². The SMILES string of the molecule is O=C(NC[C@@H]1CCCN1)c1cccnc1Cl. The largest absolute Gasteiger partial charge is 0.350 e. The van der Waals surface area contributed by atoms with Crippen molar-refractivity contribution in [3.63, 3.8) is 0 Å². The van der Waals surface area contributed by atoms with Crippen molar-refractivity contribution >= 4 is 17.5 Å². The molecule has 0 radical (unpaired) electrons. The summed E-state index contributed by atoms with van der Waals surface area (Å²) in [5.74, 6) is -0.160. The van der Waals surface area contributed by atoms with Crippen LogP contribution in [0.2, 0.25) is 5.15 Å². The van der Waals surface area contributed by atoms with Gasteiger partial charge in [-0.15, -0.1) is 0 Å². The van der Waals surface area contributed by atoms with Crippen molar-refractivity contribution in [1.82, 2.24) is 15.6 Å². The molecule has 86 valence electrons. The molecule has 2 N–H and O–H groups in total. The first-order valence-corrected chi connectivity index (χ1v) is 5.77. The van der Waals surface area contributed by atoms with E-state index in [0.29, 0.717) is 18.2 Å². The Kier molecular flexibility index (Phi) is 3.74. The Morgan fingerprint density at radius 1 is 1.69 bits per heavy atom. The third kappa shape index (κ3) is 2.71. The van der Waals surface area contributed by atoms with Gasteiger partial charge in [0.2, 0.25) is 0 Å². The molecule has 1 aromatic rings. The highest BCUT2D eigenvalue weighted by atomic mass is 35.5. The fourth-order valence-electron chi connectivity index (χ4n) is 1.80. The highest BCUT2D eigenvalue weighted by molar-refractivity contribution is 6.32. The average molecular weight is 240 g/mol. The monoisotopic (exact) mass is 239 g/mol. The lowest BCUT2D eigenvalue weighted by molar-refractivity contribution is 0.0950. The number of nitrogens with one attached hydrogen (secondary N) is 2. The van der Waals surface area contributed by atoms with Crippen molar-refractivity contribution in [3.05, 3.63) is 29.0 Å². The predicted octanol–water partition coefficient (Wildman–Crippen LogP) is 1.22. The third-order valence-corrected chi connectivity index (χ3v) is 2.98. The van der Waals surface area contributed by atoms with E-state index in [-0.39, 0.29) is 11.1 Å². The van der Waals surface area contributed by atoms with E-state index >= 15 is 0 Å². The predicted molar refractivity (Wildman–Crippen MR) is 62.6 cm³/mol. The molecule has 16 heavy (non-hydrogen) atoms. The van der Waals surface area contributed by atoms with E-state index in [1.807, 2.05) is 0 Å². The molecule has 0 saturated carbocycles. The molecule has 5 heteroatoms. The van der Waals surface area contributed by atoms with Gasteiger partial charge in [-0.3, -0.25) is 4.79 Å². The van der Waals surface area contributed by atoms with Gasteiger partial charge in [-0.1, -0.05) is 11.6 Å². The minimum Gasteiger partial charge on any atom is -0.350 e. The van der Waals surface area contributed by atoms with Crippen LogP contribution >= 0.6 is 11.6 Å².